The Kier molecular flexibility index (Phi) is 22.6. The molecule has 0 saturated carbocycles. The van der Waals surface area contributed by atoms with E-state index in [9.17, 15) is 62.6 Å². The molecule has 1 N–H and O–H groups in total. The number of hydrogen-bond donors (Lipinski definition) is 1. The molecule has 0 aliphatic carbocycles. The maximum atomic E-state index is 14.2. The fourth-order valence-corrected chi connectivity index (χ4v) is 4.55. The van der Waals surface area contributed by atoms with Crippen molar-refractivity contribution >= 4 is 71.6 Å². The first-order valence-corrected chi connectivity index (χ1v) is 18.6. The molecule has 0 bridgehead atoms. The largest absolute Gasteiger partial charge is 0.462 e. The highest BCUT2D eigenvalue weighted by Crippen LogP contribution is 2.30. The Morgan fingerprint density at radius 1 is 0.295 bits per heavy atom. The first kappa shape index (κ1) is 54.6. The molecule has 0 rings (SSSR count). The van der Waals surface area contributed by atoms with Crippen LogP contribution in [0.4, 0.5) is 0 Å². The van der Waals surface area contributed by atoms with Crippen LogP contribution in [-0.4, -0.2) is 159 Å². The number of esters is 12. The van der Waals surface area contributed by atoms with E-state index in [1.165, 1.54) is 62.3 Å². The number of carbonyl (C=O) groups is 12. The highest BCUT2D eigenvalue weighted by molar-refractivity contribution is 6.25. The maximum Gasteiger partial charge on any atom is 0.400 e. The zero-order valence-corrected chi connectivity index (χ0v) is 35.0. The van der Waals surface area contributed by atoms with Crippen LogP contribution in [0.3, 0.4) is 0 Å². The number of carbonyl (C=O) groups excluding carboxylic acids is 12. The molecule has 0 aliphatic heterocycles. The van der Waals surface area contributed by atoms with Gasteiger partial charge in [0.15, 0.2) is 5.60 Å². The minimum absolute atomic E-state index is 0.570. The van der Waals surface area contributed by atoms with E-state index in [-0.39, 0.29) is 0 Å². The highest BCUT2D eigenvalue weighted by Gasteiger charge is 2.67. The van der Waals surface area contributed by atoms with Crippen molar-refractivity contribution in [2.24, 2.45) is 0 Å². The van der Waals surface area contributed by atoms with Gasteiger partial charge in [-0.2, -0.15) is 0 Å². The van der Waals surface area contributed by atoms with Crippen molar-refractivity contribution in [2.75, 3.05) is 59.5 Å². The summed E-state index contributed by atoms with van der Waals surface area (Å²) in [5.41, 5.74) is -15.6. The SMILES string of the molecule is CCOC(=O)C(OC(=O)CC(O)(CC(=O)OC(C(=O)OCC)(C(=O)OCC)C(=O)OCC)C(=O)OC(C(=O)OCC)(C(=O)OCC)C(=O)OCC)(C(=O)OCC)C(=O)OCC. The van der Waals surface area contributed by atoms with Crippen LogP contribution in [0.25, 0.3) is 0 Å². The summed E-state index contributed by atoms with van der Waals surface area (Å²) < 4.78 is 57.6. The van der Waals surface area contributed by atoms with Gasteiger partial charge in [-0.1, -0.05) is 0 Å². The summed E-state index contributed by atoms with van der Waals surface area (Å²) in [4.78, 5) is 161. The van der Waals surface area contributed by atoms with Crippen molar-refractivity contribution in [3.05, 3.63) is 0 Å². The molecule has 0 heterocycles. The molecule has 25 heteroatoms. The van der Waals surface area contributed by atoms with Gasteiger partial charge in [-0.15, -0.1) is 0 Å². The van der Waals surface area contributed by atoms with Crippen LogP contribution in [0.15, 0.2) is 0 Å². The molecule has 0 amide bonds. The minimum Gasteiger partial charge on any atom is -0.462 e. The number of hydrogen-bond acceptors (Lipinski definition) is 25. The average molecular weight is 883 g/mol. The summed E-state index contributed by atoms with van der Waals surface area (Å²) in [5.74, 6) is -24.5. The molecule has 0 radical (unpaired) electrons. The molecule has 0 saturated heterocycles. The minimum atomic E-state index is -4.04. The van der Waals surface area contributed by atoms with Crippen LogP contribution in [0.5, 0.6) is 0 Å². The molecule has 0 spiro atoms. The molecule has 0 atom stereocenters. The monoisotopic (exact) mass is 882 g/mol. The summed E-state index contributed by atoms with van der Waals surface area (Å²) >= 11 is 0. The van der Waals surface area contributed by atoms with Gasteiger partial charge in [0.25, 0.3) is 0 Å². The molecule has 0 aromatic heterocycles. The lowest BCUT2D eigenvalue weighted by atomic mass is 9.93. The van der Waals surface area contributed by atoms with Gasteiger partial charge in [0.2, 0.25) is 0 Å². The van der Waals surface area contributed by atoms with Crippen LogP contribution in [-0.2, 0) is 114 Å². The molecule has 25 nitrogen and oxygen atoms in total. The second kappa shape index (κ2) is 25.3. The molecule has 344 valence electrons. The number of rotatable bonds is 26. The van der Waals surface area contributed by atoms with Gasteiger partial charge >= 0.3 is 88.4 Å². The van der Waals surface area contributed by atoms with Gasteiger partial charge in [0, 0.05) is 0 Å². The first-order chi connectivity index (χ1) is 28.7. The van der Waals surface area contributed by atoms with Gasteiger partial charge in [-0.25, -0.2) is 47.9 Å². The van der Waals surface area contributed by atoms with Crippen molar-refractivity contribution < 1.29 is 119 Å². The Labute approximate surface area is 348 Å². The van der Waals surface area contributed by atoms with E-state index >= 15 is 0 Å². The van der Waals surface area contributed by atoms with Crippen molar-refractivity contribution in [3.8, 4) is 0 Å². The van der Waals surface area contributed by atoms with Crippen molar-refractivity contribution in [3.63, 3.8) is 0 Å². The van der Waals surface area contributed by atoms with Gasteiger partial charge < -0.3 is 61.9 Å². The maximum absolute atomic E-state index is 14.2. The van der Waals surface area contributed by atoms with Crippen LogP contribution >= 0.6 is 0 Å². The van der Waals surface area contributed by atoms with E-state index in [4.69, 9.17) is 56.8 Å². The average Bonchev–Trinajstić information content (AvgIpc) is 3.18. The molecule has 61 heavy (non-hydrogen) atoms. The van der Waals surface area contributed by atoms with Crippen LogP contribution in [0.2, 0.25) is 0 Å². The topological polar surface area (TPSA) is 336 Å². The summed E-state index contributed by atoms with van der Waals surface area (Å²) in [5, 5.41) is 11.9. The van der Waals surface area contributed by atoms with Crippen LogP contribution in [0, 0.1) is 0 Å². The van der Waals surface area contributed by atoms with Gasteiger partial charge in [0.1, 0.15) is 0 Å². The zero-order chi connectivity index (χ0) is 47.2. The standard InChI is InChI=1S/C36H50O25/c1-10-50-24(40)34(25(41)51-11-2,26(42)52-12-3)59-21(37)19-33(49,23(39)61-36(30(46)56-16-7,31(47)57-17-8)32(48)58-18-9)20-22(38)60-35(27(43)53-13-4,28(44)54-14-5)29(45)55-15-6/h49H,10-20H2,1-9H3. The van der Waals surface area contributed by atoms with E-state index in [1.54, 1.807) is 0 Å². The smallest absolute Gasteiger partial charge is 0.400 e. The third-order valence-electron chi connectivity index (χ3n) is 7.10. The highest BCUT2D eigenvalue weighted by atomic mass is 16.7. The summed E-state index contributed by atoms with van der Waals surface area (Å²) in [6, 6.07) is 0. The van der Waals surface area contributed by atoms with E-state index < -0.39 is 166 Å². The zero-order valence-electron chi connectivity index (χ0n) is 35.0. The number of aliphatic hydroxyl groups is 1. The number of ether oxygens (including phenoxy) is 12. The molecule has 0 unspecified atom stereocenters. The molecule has 0 aromatic rings. The van der Waals surface area contributed by atoms with Crippen molar-refractivity contribution in [2.45, 2.75) is 97.6 Å². The predicted octanol–water partition coefficient (Wildman–Crippen LogP) is -1.59. The fourth-order valence-electron chi connectivity index (χ4n) is 4.55. The molecular weight excluding hydrogens is 832 g/mol. The Hall–Kier alpha value is -6.40. The second-order valence-corrected chi connectivity index (χ2v) is 11.3. The third-order valence-corrected chi connectivity index (χ3v) is 7.10. The predicted molar refractivity (Wildman–Crippen MR) is 190 cm³/mol. The van der Waals surface area contributed by atoms with Gasteiger partial charge in [-0.3, -0.25) is 9.59 Å². The summed E-state index contributed by atoms with van der Waals surface area (Å²) in [6.45, 7) is 5.47. The Bertz CT molecular complexity index is 1430. The van der Waals surface area contributed by atoms with Crippen LogP contribution < -0.4 is 0 Å². The Morgan fingerprint density at radius 3 is 0.623 bits per heavy atom. The Morgan fingerprint density at radius 2 is 0.459 bits per heavy atom. The molecular formula is C36H50O25. The first-order valence-electron chi connectivity index (χ1n) is 18.6. The second-order valence-electron chi connectivity index (χ2n) is 11.3. The Balaban J connectivity index is 8.16. The lowest BCUT2D eigenvalue weighted by molar-refractivity contribution is -0.218. The quantitative estimate of drug-likeness (QED) is 0.0581. The molecule has 0 aromatic carbocycles. The van der Waals surface area contributed by atoms with Crippen molar-refractivity contribution in [1.82, 2.24) is 0 Å². The molecule has 0 aliphatic rings. The van der Waals surface area contributed by atoms with E-state index in [1.807, 2.05) is 0 Å². The van der Waals surface area contributed by atoms with Gasteiger partial charge in [0.05, 0.1) is 72.3 Å². The third kappa shape index (κ3) is 12.8. The normalized spacial score (nSPS) is 11.3. The molecule has 0 fully saturated rings. The lowest BCUT2D eigenvalue weighted by Crippen LogP contribution is -2.63. The van der Waals surface area contributed by atoms with Crippen molar-refractivity contribution in [1.29, 1.82) is 0 Å². The lowest BCUT2D eigenvalue weighted by Gasteiger charge is -2.33. The van der Waals surface area contributed by atoms with Gasteiger partial charge in [-0.05, 0) is 62.3 Å². The fraction of sp³-hybridized carbons (Fsp3) is 0.667. The van der Waals surface area contributed by atoms with E-state index in [0.717, 1.165) is 0 Å². The summed E-state index contributed by atoms with van der Waals surface area (Å²) in [7, 11) is 0. The van der Waals surface area contributed by atoms with Crippen LogP contribution in [0.1, 0.15) is 75.2 Å². The summed E-state index contributed by atoms with van der Waals surface area (Å²) in [6.07, 6.45) is -4.23. The van der Waals surface area contributed by atoms with E-state index in [0.29, 0.717) is 0 Å². The van der Waals surface area contributed by atoms with E-state index in [2.05, 4.69) is 0 Å².